The van der Waals surface area contributed by atoms with Crippen LogP contribution in [0.1, 0.15) is 37.3 Å². The van der Waals surface area contributed by atoms with Gasteiger partial charge in [0.1, 0.15) is 0 Å². The quantitative estimate of drug-likeness (QED) is 0.530. The Morgan fingerprint density at radius 1 is 1.57 bits per heavy atom. The van der Waals surface area contributed by atoms with Crippen molar-refractivity contribution in [2.75, 3.05) is 0 Å². The third-order valence-electron chi connectivity index (χ3n) is 2.81. The number of carbonyl (C=O) groups excluding carboxylic acids is 1. The minimum absolute atomic E-state index is 0.566. The van der Waals surface area contributed by atoms with E-state index < -0.39 is 0 Å². The Kier molecular flexibility index (Phi) is 2.46. The summed E-state index contributed by atoms with van der Waals surface area (Å²) in [5.74, 6) is 1.17. The zero-order chi connectivity index (χ0) is 9.97. The van der Waals surface area contributed by atoms with Crippen LogP contribution in [-0.2, 0) is 11.8 Å². The second kappa shape index (κ2) is 3.76. The Morgan fingerprint density at radius 2 is 2.29 bits per heavy atom. The molecule has 0 spiro atoms. The van der Waals surface area contributed by atoms with Crippen molar-refractivity contribution in [3.05, 3.63) is 11.8 Å². The maximum absolute atomic E-state index is 10.1. The molecule has 0 N–H and O–H groups in total. The second-order valence-electron chi connectivity index (χ2n) is 3.74. The molecule has 0 atom stereocenters. The van der Waals surface area contributed by atoms with Crippen LogP contribution in [0.3, 0.4) is 0 Å². The molecule has 0 unspecified atom stereocenters. The molecule has 1 heterocycles. The first-order valence-electron chi connectivity index (χ1n) is 4.93. The number of aliphatic imine (C=N–C) groups is 1. The van der Waals surface area contributed by atoms with Gasteiger partial charge >= 0.3 is 0 Å². The summed E-state index contributed by atoms with van der Waals surface area (Å²) in [6, 6.07) is 1.89. The molecule has 2 rings (SSSR count). The topological polar surface area (TPSA) is 47.2 Å². The van der Waals surface area contributed by atoms with Gasteiger partial charge in [-0.2, -0.15) is 5.10 Å². The molecule has 1 aliphatic rings. The fourth-order valence-corrected chi connectivity index (χ4v) is 2.05. The van der Waals surface area contributed by atoms with Crippen LogP contribution < -0.4 is 0 Å². The standard InChI is InChI=1S/C10H13N3O/c1-13-10(11-7-14)6-9(12-13)8-4-2-3-5-8/h6,8H,2-5H2,1H3. The van der Waals surface area contributed by atoms with Gasteiger partial charge in [-0.1, -0.05) is 12.8 Å². The highest BCUT2D eigenvalue weighted by molar-refractivity contribution is 5.45. The molecule has 0 aliphatic heterocycles. The van der Waals surface area contributed by atoms with Gasteiger partial charge in [0.15, 0.2) is 5.82 Å². The van der Waals surface area contributed by atoms with Crippen molar-refractivity contribution in [3.8, 4) is 0 Å². The minimum Gasteiger partial charge on any atom is -0.250 e. The highest BCUT2D eigenvalue weighted by Crippen LogP contribution is 2.34. The molecular formula is C10H13N3O. The van der Waals surface area contributed by atoms with Gasteiger partial charge in [0.05, 0.1) is 5.69 Å². The molecule has 0 radical (unpaired) electrons. The first-order valence-corrected chi connectivity index (χ1v) is 4.93. The fraction of sp³-hybridized carbons (Fsp3) is 0.600. The summed E-state index contributed by atoms with van der Waals surface area (Å²) >= 11 is 0. The molecule has 1 fully saturated rings. The van der Waals surface area contributed by atoms with E-state index in [1.807, 2.05) is 6.07 Å². The van der Waals surface area contributed by atoms with E-state index in [4.69, 9.17) is 0 Å². The lowest BCUT2D eigenvalue weighted by Gasteiger charge is -2.02. The second-order valence-corrected chi connectivity index (χ2v) is 3.74. The summed E-state index contributed by atoms with van der Waals surface area (Å²) in [6.07, 6.45) is 6.53. The number of hydrogen-bond acceptors (Lipinski definition) is 3. The van der Waals surface area contributed by atoms with Crippen LogP contribution in [0.25, 0.3) is 0 Å². The predicted octanol–water partition coefficient (Wildman–Crippen LogP) is 2.04. The lowest BCUT2D eigenvalue weighted by Crippen LogP contribution is -1.95. The first-order chi connectivity index (χ1) is 6.81. The number of nitrogens with zero attached hydrogens (tertiary/aromatic N) is 3. The lowest BCUT2D eigenvalue weighted by atomic mass is 10.0. The number of hydrogen-bond donors (Lipinski definition) is 0. The van der Waals surface area contributed by atoms with E-state index in [-0.39, 0.29) is 0 Å². The Hall–Kier alpha value is -1.41. The van der Waals surface area contributed by atoms with E-state index in [9.17, 15) is 4.79 Å². The van der Waals surface area contributed by atoms with Gasteiger partial charge in [-0.05, 0) is 12.8 Å². The van der Waals surface area contributed by atoms with Crippen molar-refractivity contribution in [3.63, 3.8) is 0 Å². The molecule has 0 amide bonds. The monoisotopic (exact) mass is 191 g/mol. The SMILES string of the molecule is Cn1nc(C2CCCC2)cc1N=C=O. The van der Waals surface area contributed by atoms with E-state index in [2.05, 4.69) is 10.1 Å². The Morgan fingerprint density at radius 3 is 2.93 bits per heavy atom. The van der Waals surface area contributed by atoms with Crippen molar-refractivity contribution in [2.24, 2.45) is 12.0 Å². The van der Waals surface area contributed by atoms with Crippen LogP contribution in [0.2, 0.25) is 0 Å². The summed E-state index contributed by atoms with van der Waals surface area (Å²) in [5, 5.41) is 4.36. The molecule has 0 aromatic carbocycles. The number of aryl methyl sites for hydroxylation is 1. The molecule has 1 aliphatic carbocycles. The lowest BCUT2D eigenvalue weighted by molar-refractivity contribution is 0.564. The van der Waals surface area contributed by atoms with Gasteiger partial charge in [0.2, 0.25) is 6.08 Å². The molecule has 1 aromatic rings. The van der Waals surface area contributed by atoms with Gasteiger partial charge < -0.3 is 0 Å². The maximum Gasteiger partial charge on any atom is 0.242 e. The number of isocyanates is 1. The van der Waals surface area contributed by atoms with Crippen molar-refractivity contribution in [1.82, 2.24) is 9.78 Å². The molecule has 74 valence electrons. The van der Waals surface area contributed by atoms with Crippen molar-refractivity contribution in [2.45, 2.75) is 31.6 Å². The third-order valence-corrected chi connectivity index (χ3v) is 2.81. The van der Waals surface area contributed by atoms with Gasteiger partial charge in [0.25, 0.3) is 0 Å². The maximum atomic E-state index is 10.1. The Labute approximate surface area is 82.6 Å². The predicted molar refractivity (Wildman–Crippen MR) is 52.2 cm³/mol. The summed E-state index contributed by atoms with van der Waals surface area (Å²) in [7, 11) is 1.80. The van der Waals surface area contributed by atoms with E-state index in [1.54, 1.807) is 17.8 Å². The minimum atomic E-state index is 0.566. The largest absolute Gasteiger partial charge is 0.250 e. The third kappa shape index (κ3) is 1.61. The highest BCUT2D eigenvalue weighted by atomic mass is 16.1. The molecular weight excluding hydrogens is 178 g/mol. The zero-order valence-electron chi connectivity index (χ0n) is 8.23. The normalized spacial score (nSPS) is 16.9. The van der Waals surface area contributed by atoms with E-state index in [0.717, 1.165) is 5.69 Å². The van der Waals surface area contributed by atoms with Gasteiger partial charge in [-0.15, -0.1) is 4.99 Å². The highest BCUT2D eigenvalue weighted by Gasteiger charge is 2.20. The number of rotatable bonds is 2. The van der Waals surface area contributed by atoms with Crippen LogP contribution in [0.4, 0.5) is 5.82 Å². The van der Waals surface area contributed by atoms with Crippen LogP contribution in [0, 0.1) is 0 Å². The molecule has 4 heteroatoms. The van der Waals surface area contributed by atoms with Crippen LogP contribution >= 0.6 is 0 Å². The zero-order valence-corrected chi connectivity index (χ0v) is 8.23. The Bertz CT molecular complexity index is 371. The van der Waals surface area contributed by atoms with Gasteiger partial charge in [-0.3, -0.25) is 0 Å². The first kappa shape index (κ1) is 9.16. The average molecular weight is 191 g/mol. The van der Waals surface area contributed by atoms with Crippen LogP contribution in [0.5, 0.6) is 0 Å². The van der Waals surface area contributed by atoms with E-state index >= 15 is 0 Å². The summed E-state index contributed by atoms with van der Waals surface area (Å²) in [4.78, 5) is 13.7. The molecule has 1 aromatic heterocycles. The molecule has 14 heavy (non-hydrogen) atoms. The molecule has 0 saturated heterocycles. The Balaban J connectivity index is 2.26. The molecule has 1 saturated carbocycles. The van der Waals surface area contributed by atoms with Crippen LogP contribution in [0.15, 0.2) is 11.1 Å². The van der Waals surface area contributed by atoms with E-state index in [1.165, 1.54) is 25.7 Å². The van der Waals surface area contributed by atoms with Crippen molar-refractivity contribution < 1.29 is 4.79 Å². The summed E-state index contributed by atoms with van der Waals surface area (Å²) < 4.78 is 1.64. The average Bonchev–Trinajstić information content (AvgIpc) is 2.76. The molecule has 4 nitrogen and oxygen atoms in total. The van der Waals surface area contributed by atoms with Crippen molar-refractivity contribution in [1.29, 1.82) is 0 Å². The van der Waals surface area contributed by atoms with Gasteiger partial charge in [0, 0.05) is 19.0 Å². The van der Waals surface area contributed by atoms with E-state index in [0.29, 0.717) is 11.7 Å². The van der Waals surface area contributed by atoms with Crippen LogP contribution in [-0.4, -0.2) is 15.9 Å². The van der Waals surface area contributed by atoms with Crippen molar-refractivity contribution >= 4 is 11.9 Å². The smallest absolute Gasteiger partial charge is 0.242 e. The molecule has 0 bridgehead atoms. The van der Waals surface area contributed by atoms with Gasteiger partial charge in [-0.25, -0.2) is 9.48 Å². The summed E-state index contributed by atoms with van der Waals surface area (Å²) in [5.41, 5.74) is 1.07. The summed E-state index contributed by atoms with van der Waals surface area (Å²) in [6.45, 7) is 0. The number of aromatic nitrogens is 2. The fourth-order valence-electron chi connectivity index (χ4n) is 2.05.